The molecule has 0 saturated heterocycles. The first-order valence-corrected chi connectivity index (χ1v) is 20.3. The van der Waals surface area contributed by atoms with Crippen molar-refractivity contribution < 1.29 is 57.2 Å². The van der Waals surface area contributed by atoms with Crippen LogP contribution in [-0.2, 0) is 23.5 Å². The highest BCUT2D eigenvalue weighted by Crippen LogP contribution is 2.55. The molecule has 18 nitrogen and oxygen atoms in total. The maximum atomic E-state index is 14.1. The number of carbonyl (C=O) groups excluding carboxylic acids is 4. The minimum atomic E-state index is -5.59. The number of terminal acetylenes is 1. The van der Waals surface area contributed by atoms with E-state index in [1.54, 1.807) is 47.8 Å². The van der Waals surface area contributed by atoms with Gasteiger partial charge in [0, 0.05) is 49.6 Å². The first-order chi connectivity index (χ1) is 25.9. The van der Waals surface area contributed by atoms with Gasteiger partial charge in [-0.05, 0) is 49.4 Å². The predicted molar refractivity (Wildman–Crippen MR) is 199 cm³/mol. The summed E-state index contributed by atoms with van der Waals surface area (Å²) in [6.45, 7) is 3.51. The summed E-state index contributed by atoms with van der Waals surface area (Å²) in [5.74, 6) is 0.0440. The highest BCUT2D eigenvalue weighted by atomic mass is 31.2. The molecule has 2 heterocycles. The lowest BCUT2D eigenvalue weighted by Gasteiger charge is -2.34. The van der Waals surface area contributed by atoms with Gasteiger partial charge in [-0.3, -0.25) is 28.7 Å². The van der Waals surface area contributed by atoms with E-state index in [9.17, 15) is 33.2 Å². The summed E-state index contributed by atoms with van der Waals surface area (Å²) in [5, 5.41) is 4.22. The zero-order chi connectivity index (χ0) is 40.5. The second-order valence-electron chi connectivity index (χ2n) is 12.9. The lowest BCUT2D eigenvalue weighted by molar-refractivity contribution is -0.195. The number of hydrogen-bond donors (Lipinski definition) is 5. The fraction of sp³-hybridized carbons (Fsp3) is 0.353. The molecule has 2 unspecified atom stereocenters. The van der Waals surface area contributed by atoms with Crippen molar-refractivity contribution in [3.05, 3.63) is 72.3 Å². The molecule has 2 aromatic carbocycles. The summed E-state index contributed by atoms with van der Waals surface area (Å²) in [4.78, 5) is 101. The van der Waals surface area contributed by atoms with Crippen molar-refractivity contribution >= 4 is 57.3 Å². The minimum Gasteiger partial charge on any atom is -0.777 e. The van der Waals surface area contributed by atoms with E-state index in [-0.39, 0.29) is 43.2 Å². The Morgan fingerprint density at radius 2 is 1.69 bits per heavy atom. The van der Waals surface area contributed by atoms with Crippen LogP contribution in [0.2, 0.25) is 0 Å². The molecule has 0 saturated carbocycles. The molecule has 55 heavy (non-hydrogen) atoms. The van der Waals surface area contributed by atoms with E-state index < -0.39 is 58.0 Å². The smallest absolute Gasteiger partial charge is 0.619 e. The third-order valence-corrected chi connectivity index (χ3v) is 11.6. The second kappa shape index (κ2) is 18.5. The van der Waals surface area contributed by atoms with Crippen LogP contribution in [0.1, 0.15) is 62.0 Å². The molecule has 0 aliphatic carbocycles. The number of anilines is 2. The van der Waals surface area contributed by atoms with Crippen LogP contribution in [0, 0.1) is 18.3 Å². The number of hydrogen-bond acceptors (Lipinski definition) is 11. The van der Waals surface area contributed by atoms with Crippen molar-refractivity contribution in [1.29, 1.82) is 0 Å². The third kappa shape index (κ3) is 11.5. The Hall–Kier alpha value is -5.08. The van der Waals surface area contributed by atoms with E-state index in [2.05, 4.69) is 21.2 Å². The topological polar surface area (TPSA) is 261 Å². The van der Waals surface area contributed by atoms with Crippen LogP contribution in [0.5, 0.6) is 11.5 Å². The first-order valence-electron chi connectivity index (χ1n) is 16.9. The monoisotopic (exact) mass is 797 g/mol. The first kappa shape index (κ1) is 42.7. The largest absolute Gasteiger partial charge is 0.777 e. The molecule has 4 amide bonds. The highest BCUT2D eigenvalue weighted by Gasteiger charge is 2.46. The number of amides is 4. The lowest BCUT2D eigenvalue weighted by atomic mass is 9.72. The predicted octanol–water partition coefficient (Wildman–Crippen LogP) is 1.78. The summed E-state index contributed by atoms with van der Waals surface area (Å²) in [6, 6.07) is 11.7. The standard InChI is InChI=1S/C34H41BN6O12P2/c1-5-23-10-6-7-11-26(23)41(32(44)21-38-33(45)25-20-36-16-17-37-25)29(18-22(2)3)35-52-27-15-14-24(19-28(27)53-35)40(4)31(43)13-9-8-12-30(42)39-34(54(46,47)48)55(49,50)51/h1,6-7,10-11,14-17,19-20,22,29,34H,8-9,12-13,18,21H2,2-4H3,(H,38,45)(H,39,42)(H2,46,47,48)(H2,49,50,51)/p-1/t29-/m1/s1. The molecule has 1 aliphatic rings. The van der Waals surface area contributed by atoms with Gasteiger partial charge in [-0.2, -0.15) is 0 Å². The van der Waals surface area contributed by atoms with Gasteiger partial charge < -0.3 is 53.9 Å². The number of benzene rings is 2. The molecule has 1 aromatic heterocycles. The molecule has 0 radical (unpaired) electrons. The summed E-state index contributed by atoms with van der Waals surface area (Å²) in [5.41, 5.74) is -1.48. The molecule has 21 heteroatoms. The van der Waals surface area contributed by atoms with Crippen LogP contribution in [-0.4, -0.2) is 80.5 Å². The maximum absolute atomic E-state index is 14.1. The van der Waals surface area contributed by atoms with Gasteiger partial charge in [0.2, 0.25) is 17.7 Å². The van der Waals surface area contributed by atoms with Crippen molar-refractivity contribution in [3.63, 3.8) is 0 Å². The Morgan fingerprint density at radius 1 is 1.00 bits per heavy atom. The van der Waals surface area contributed by atoms with Crippen molar-refractivity contribution in [1.82, 2.24) is 20.6 Å². The van der Waals surface area contributed by atoms with E-state index in [0.29, 0.717) is 34.9 Å². The molecule has 292 valence electrons. The van der Waals surface area contributed by atoms with Crippen molar-refractivity contribution in [2.45, 2.75) is 57.4 Å². The molecule has 0 fully saturated rings. The molecular formula is C34H40BN6O12P2-. The number of unbranched alkanes of at least 4 members (excludes halogenated alkanes) is 1. The second-order valence-corrected chi connectivity index (χ2v) is 16.6. The Bertz CT molecular complexity index is 2000. The van der Waals surface area contributed by atoms with Crippen molar-refractivity contribution in [2.24, 2.45) is 5.92 Å². The Labute approximate surface area is 317 Å². The minimum absolute atomic E-state index is 0.0296. The summed E-state index contributed by atoms with van der Waals surface area (Å²) >= 11 is 0. The van der Waals surface area contributed by atoms with Crippen LogP contribution >= 0.6 is 15.2 Å². The SMILES string of the molecule is C#Cc1ccccc1N(C(=O)CNC(=O)c1cnccn1)[C@H](CC(C)C)B1Oc2ccc(N(C)C(=O)CCCCC(=O)NC(P(=O)([O-])O)P(=O)(O)O)cc2O1. The Balaban J connectivity index is 1.46. The van der Waals surface area contributed by atoms with E-state index in [1.165, 1.54) is 35.4 Å². The normalized spacial score (nSPS) is 14.3. The molecule has 4 rings (SSSR count). The van der Waals surface area contributed by atoms with Gasteiger partial charge in [0.05, 0.1) is 18.4 Å². The van der Waals surface area contributed by atoms with E-state index >= 15 is 0 Å². The molecule has 1 aliphatic heterocycles. The van der Waals surface area contributed by atoms with Gasteiger partial charge in [-0.1, -0.05) is 31.9 Å². The molecule has 3 atom stereocenters. The number of fused-ring (bicyclic) bond motifs is 1. The zero-order valence-electron chi connectivity index (χ0n) is 30.1. The quantitative estimate of drug-likeness (QED) is 0.0565. The van der Waals surface area contributed by atoms with Crippen LogP contribution in [0.3, 0.4) is 0 Å². The Kier molecular flexibility index (Phi) is 14.4. The number of para-hydroxylation sites is 1. The van der Waals surface area contributed by atoms with Crippen molar-refractivity contribution in [3.8, 4) is 23.8 Å². The highest BCUT2D eigenvalue weighted by molar-refractivity contribution is 7.70. The number of aromatic nitrogens is 2. The fourth-order valence-electron chi connectivity index (χ4n) is 5.64. The summed E-state index contributed by atoms with van der Waals surface area (Å²) in [7, 11) is -10.5. The van der Waals surface area contributed by atoms with Crippen LogP contribution in [0.4, 0.5) is 11.4 Å². The lowest BCUT2D eigenvalue weighted by Crippen LogP contribution is -2.56. The van der Waals surface area contributed by atoms with Crippen LogP contribution in [0.15, 0.2) is 61.1 Å². The van der Waals surface area contributed by atoms with Gasteiger partial charge in [-0.25, -0.2) is 4.98 Å². The summed E-state index contributed by atoms with van der Waals surface area (Å²) in [6.07, 6.45) is 10.1. The molecule has 5 N–H and O–H groups in total. The zero-order valence-corrected chi connectivity index (χ0v) is 31.9. The fourth-order valence-corrected chi connectivity index (χ4v) is 7.78. The number of carbonyl (C=O) groups is 4. The van der Waals surface area contributed by atoms with Gasteiger partial charge in [0.25, 0.3) is 5.91 Å². The van der Waals surface area contributed by atoms with Gasteiger partial charge in [0.1, 0.15) is 23.1 Å². The average Bonchev–Trinajstić information content (AvgIpc) is 3.57. The van der Waals surface area contributed by atoms with Gasteiger partial charge in [-0.15, -0.1) is 6.42 Å². The molecular weight excluding hydrogens is 757 g/mol. The average molecular weight is 797 g/mol. The number of nitrogens with one attached hydrogen (secondary N) is 2. The van der Waals surface area contributed by atoms with Gasteiger partial charge in [0.15, 0.2) is 13.1 Å². The maximum Gasteiger partial charge on any atom is 0.619 e. The van der Waals surface area contributed by atoms with E-state index in [1.807, 2.05) is 13.8 Å². The third-order valence-electron chi connectivity index (χ3n) is 8.28. The van der Waals surface area contributed by atoms with E-state index in [0.717, 1.165) is 0 Å². The summed E-state index contributed by atoms with van der Waals surface area (Å²) < 4.78 is 35.2. The molecule has 3 aromatic rings. The molecule has 0 spiro atoms. The van der Waals surface area contributed by atoms with E-state index in [4.69, 9.17) is 30.4 Å². The number of nitrogens with zero attached hydrogens (tertiary/aromatic N) is 4. The van der Waals surface area contributed by atoms with Crippen LogP contribution < -0.4 is 34.6 Å². The molecule has 0 bridgehead atoms. The van der Waals surface area contributed by atoms with Crippen LogP contribution in [0.25, 0.3) is 0 Å². The van der Waals surface area contributed by atoms with Crippen molar-refractivity contribution in [2.75, 3.05) is 23.4 Å². The van der Waals surface area contributed by atoms with Gasteiger partial charge >= 0.3 is 14.7 Å². The number of rotatable bonds is 17. The Morgan fingerprint density at radius 3 is 2.33 bits per heavy atom.